The zero-order valence-electron chi connectivity index (χ0n) is 15.5. The Balaban J connectivity index is 2.01. The fraction of sp³-hybridized carbons (Fsp3) is 0.250. The van der Waals surface area contributed by atoms with Gasteiger partial charge in [0.25, 0.3) is 11.6 Å². The van der Waals surface area contributed by atoms with Crippen molar-refractivity contribution in [1.29, 1.82) is 0 Å². The van der Waals surface area contributed by atoms with E-state index in [0.717, 1.165) is 20.9 Å². The normalized spacial score (nSPS) is 11.4. The number of hydrogen-bond acceptors (Lipinski definition) is 4. The van der Waals surface area contributed by atoms with Crippen LogP contribution in [-0.4, -0.2) is 25.3 Å². The van der Waals surface area contributed by atoms with Crippen molar-refractivity contribution in [3.63, 3.8) is 0 Å². The third-order valence-electron chi connectivity index (χ3n) is 4.79. The van der Waals surface area contributed by atoms with E-state index in [1.54, 1.807) is 11.6 Å². The molecular weight excluding hydrogens is 344 g/mol. The minimum absolute atomic E-state index is 0.326. The van der Waals surface area contributed by atoms with Crippen LogP contribution in [0.4, 0.5) is 0 Å². The maximum absolute atomic E-state index is 12.8. The van der Waals surface area contributed by atoms with Crippen molar-refractivity contribution in [2.45, 2.75) is 13.5 Å². The van der Waals surface area contributed by atoms with Gasteiger partial charge in [-0.05, 0) is 23.3 Å². The van der Waals surface area contributed by atoms with Crippen LogP contribution >= 0.6 is 0 Å². The number of fused-ring (bicyclic) bond motifs is 2. The summed E-state index contributed by atoms with van der Waals surface area (Å²) < 4.78 is 9.91. The Morgan fingerprint density at radius 1 is 1.00 bits per heavy atom. The van der Waals surface area contributed by atoms with Gasteiger partial charge in [-0.3, -0.25) is 18.5 Å². The molecule has 0 saturated carbocycles. The largest absolute Gasteiger partial charge is 0.465 e. The maximum Gasteiger partial charge on any atom is 0.332 e. The van der Waals surface area contributed by atoms with Crippen molar-refractivity contribution in [2.75, 3.05) is 6.61 Å². The van der Waals surface area contributed by atoms with E-state index in [1.165, 1.54) is 11.6 Å². The van der Waals surface area contributed by atoms with E-state index in [1.807, 2.05) is 31.2 Å². The van der Waals surface area contributed by atoms with Crippen molar-refractivity contribution in [2.24, 2.45) is 14.1 Å². The topological polar surface area (TPSA) is 71.1 Å². The summed E-state index contributed by atoms with van der Waals surface area (Å²) in [4.78, 5) is 29.5. The summed E-state index contributed by atoms with van der Waals surface area (Å²) in [6.45, 7) is 2.69. The van der Waals surface area contributed by atoms with E-state index in [9.17, 15) is 9.59 Å². The van der Waals surface area contributed by atoms with E-state index in [0.29, 0.717) is 30.3 Å². The number of rotatable bonds is 4. The zero-order valence-corrected chi connectivity index (χ0v) is 15.5. The van der Waals surface area contributed by atoms with Gasteiger partial charge in [0, 0.05) is 14.1 Å². The number of benzene rings is 2. The smallest absolute Gasteiger partial charge is 0.332 e. The monoisotopic (exact) mass is 364 g/mol. The highest BCUT2D eigenvalue weighted by Gasteiger charge is 2.20. The molecule has 0 radical (unpaired) electrons. The van der Waals surface area contributed by atoms with Gasteiger partial charge < -0.3 is 4.74 Å². The van der Waals surface area contributed by atoms with Crippen molar-refractivity contribution < 1.29 is 4.74 Å². The SMILES string of the molecule is CCOc1nc2c(c(=O)n(C)c(=O)n2C)n1Cc1cccc2ccccc12. The van der Waals surface area contributed by atoms with Crippen LogP contribution in [0, 0.1) is 0 Å². The molecule has 27 heavy (non-hydrogen) atoms. The summed E-state index contributed by atoms with van der Waals surface area (Å²) in [5.74, 6) is 0. The molecule has 0 saturated heterocycles. The number of aryl methyl sites for hydroxylation is 1. The van der Waals surface area contributed by atoms with Crippen LogP contribution in [0.5, 0.6) is 6.01 Å². The van der Waals surface area contributed by atoms with Gasteiger partial charge in [-0.15, -0.1) is 0 Å². The molecule has 0 N–H and O–H groups in total. The van der Waals surface area contributed by atoms with Gasteiger partial charge in [-0.1, -0.05) is 42.5 Å². The second-order valence-electron chi connectivity index (χ2n) is 6.43. The van der Waals surface area contributed by atoms with Gasteiger partial charge in [0.1, 0.15) is 0 Å². The first-order chi connectivity index (χ1) is 13.0. The molecule has 0 spiro atoms. The standard InChI is InChI=1S/C20H20N4O3/c1-4-27-19-21-17-16(18(25)23(3)20(26)22(17)2)24(19)12-14-10-7-9-13-8-5-6-11-15(13)14/h5-11H,4,12H2,1-3H3. The minimum atomic E-state index is -0.412. The molecule has 0 atom stereocenters. The van der Waals surface area contributed by atoms with Crippen molar-refractivity contribution in [3.05, 3.63) is 68.9 Å². The lowest BCUT2D eigenvalue weighted by molar-refractivity contribution is 0.301. The Labute approximate surface area is 155 Å². The van der Waals surface area contributed by atoms with Crippen LogP contribution in [-0.2, 0) is 20.6 Å². The molecule has 0 bridgehead atoms. The van der Waals surface area contributed by atoms with Crippen LogP contribution in [0.15, 0.2) is 52.1 Å². The quantitative estimate of drug-likeness (QED) is 0.556. The Hall–Kier alpha value is -3.35. The Morgan fingerprint density at radius 3 is 2.52 bits per heavy atom. The van der Waals surface area contributed by atoms with E-state index >= 15 is 0 Å². The van der Waals surface area contributed by atoms with Gasteiger partial charge in [0.05, 0.1) is 13.2 Å². The molecule has 0 amide bonds. The predicted octanol–water partition coefficient (Wildman–Crippen LogP) is 2.03. The lowest BCUT2D eigenvalue weighted by Gasteiger charge is -2.11. The number of aromatic nitrogens is 4. The Kier molecular flexibility index (Phi) is 4.07. The summed E-state index contributed by atoms with van der Waals surface area (Å²) in [6, 6.07) is 14.5. The number of ether oxygens (including phenoxy) is 1. The molecule has 7 nitrogen and oxygen atoms in total. The molecule has 2 heterocycles. The predicted molar refractivity (Wildman–Crippen MR) is 104 cm³/mol. The maximum atomic E-state index is 12.8. The highest BCUT2D eigenvalue weighted by Crippen LogP contribution is 2.24. The second kappa shape index (κ2) is 6.42. The van der Waals surface area contributed by atoms with Gasteiger partial charge >= 0.3 is 5.69 Å². The average molecular weight is 364 g/mol. The van der Waals surface area contributed by atoms with Crippen LogP contribution < -0.4 is 16.0 Å². The van der Waals surface area contributed by atoms with Crippen LogP contribution in [0.25, 0.3) is 21.9 Å². The van der Waals surface area contributed by atoms with E-state index in [-0.39, 0.29) is 5.56 Å². The number of imidazole rings is 1. The van der Waals surface area contributed by atoms with Gasteiger partial charge in [-0.2, -0.15) is 4.98 Å². The van der Waals surface area contributed by atoms with Crippen LogP contribution in [0.3, 0.4) is 0 Å². The fourth-order valence-corrected chi connectivity index (χ4v) is 3.41. The summed E-state index contributed by atoms with van der Waals surface area (Å²) in [5, 5.41) is 2.23. The highest BCUT2D eigenvalue weighted by molar-refractivity contribution is 5.86. The third-order valence-corrected chi connectivity index (χ3v) is 4.79. The molecule has 2 aromatic heterocycles. The molecular formula is C20H20N4O3. The summed E-state index contributed by atoms with van der Waals surface area (Å²) in [7, 11) is 3.08. The van der Waals surface area contributed by atoms with Crippen molar-refractivity contribution >= 4 is 21.9 Å². The van der Waals surface area contributed by atoms with Crippen molar-refractivity contribution in [3.8, 4) is 6.01 Å². The van der Waals surface area contributed by atoms with E-state index in [2.05, 4.69) is 23.2 Å². The summed E-state index contributed by atoms with van der Waals surface area (Å²) >= 11 is 0. The summed E-state index contributed by atoms with van der Waals surface area (Å²) in [5.41, 5.74) is 0.934. The van der Waals surface area contributed by atoms with Gasteiger partial charge in [0.2, 0.25) is 0 Å². The summed E-state index contributed by atoms with van der Waals surface area (Å²) in [6.07, 6.45) is 0. The molecule has 0 aliphatic carbocycles. The zero-order chi connectivity index (χ0) is 19.1. The molecule has 7 heteroatoms. The molecule has 0 fully saturated rings. The van der Waals surface area contributed by atoms with Crippen molar-refractivity contribution in [1.82, 2.24) is 18.7 Å². The Morgan fingerprint density at radius 2 is 1.74 bits per heavy atom. The highest BCUT2D eigenvalue weighted by atomic mass is 16.5. The van der Waals surface area contributed by atoms with Gasteiger partial charge in [-0.25, -0.2) is 4.79 Å². The van der Waals surface area contributed by atoms with Gasteiger partial charge in [0.15, 0.2) is 11.2 Å². The average Bonchev–Trinajstić information content (AvgIpc) is 3.03. The lowest BCUT2D eigenvalue weighted by atomic mass is 10.0. The lowest BCUT2D eigenvalue weighted by Crippen LogP contribution is -2.37. The molecule has 0 unspecified atom stereocenters. The molecule has 0 aliphatic rings. The molecule has 0 aliphatic heterocycles. The number of hydrogen-bond donors (Lipinski definition) is 0. The molecule has 4 rings (SSSR count). The fourth-order valence-electron chi connectivity index (χ4n) is 3.41. The van der Waals surface area contributed by atoms with E-state index < -0.39 is 5.69 Å². The van der Waals surface area contributed by atoms with Crippen LogP contribution in [0.2, 0.25) is 0 Å². The molecule has 4 aromatic rings. The van der Waals surface area contributed by atoms with Crippen LogP contribution in [0.1, 0.15) is 12.5 Å². The molecule has 138 valence electrons. The number of nitrogens with zero attached hydrogens (tertiary/aromatic N) is 4. The second-order valence-corrected chi connectivity index (χ2v) is 6.43. The first-order valence-corrected chi connectivity index (χ1v) is 8.78. The third kappa shape index (κ3) is 2.63. The first-order valence-electron chi connectivity index (χ1n) is 8.78. The minimum Gasteiger partial charge on any atom is -0.465 e. The first kappa shape index (κ1) is 17.1. The molecule has 2 aromatic carbocycles. The Bertz CT molecular complexity index is 1280. The van der Waals surface area contributed by atoms with E-state index in [4.69, 9.17) is 4.74 Å².